The van der Waals surface area contributed by atoms with E-state index >= 15 is 0 Å². The van der Waals surface area contributed by atoms with Gasteiger partial charge in [0.1, 0.15) is 0 Å². The molecule has 3 N–H and O–H groups in total. The molecule has 0 amide bonds. The maximum absolute atomic E-state index is 12.2. The molecule has 0 fully saturated rings. The molecule has 0 aliphatic heterocycles. The molecule has 2 aromatic rings. The minimum absolute atomic E-state index is 0. The van der Waals surface area contributed by atoms with Gasteiger partial charge in [-0.05, 0) is 47.4 Å². The van der Waals surface area contributed by atoms with Crippen LogP contribution in [0, 0.1) is 0 Å². The third kappa shape index (κ3) is 8.58. The summed E-state index contributed by atoms with van der Waals surface area (Å²) in [4.78, 5) is 4.21. The molecule has 0 bridgehead atoms. The molecule has 0 unspecified atom stereocenters. The molecular formula is C18H27IN4O2S2. The van der Waals surface area contributed by atoms with Crippen molar-refractivity contribution in [3.63, 3.8) is 0 Å². The fourth-order valence-corrected chi connectivity index (χ4v) is 4.62. The largest absolute Gasteiger partial charge is 0.352 e. The van der Waals surface area contributed by atoms with E-state index in [1.165, 1.54) is 5.56 Å². The van der Waals surface area contributed by atoms with Crippen LogP contribution >= 0.6 is 35.3 Å². The molecule has 0 saturated heterocycles. The van der Waals surface area contributed by atoms with Crippen LogP contribution < -0.4 is 15.4 Å². The van der Waals surface area contributed by atoms with E-state index in [9.17, 15) is 8.42 Å². The zero-order valence-corrected chi connectivity index (χ0v) is 19.7. The van der Waals surface area contributed by atoms with E-state index in [0.29, 0.717) is 19.0 Å². The van der Waals surface area contributed by atoms with Gasteiger partial charge in [0.25, 0.3) is 0 Å². The lowest BCUT2D eigenvalue weighted by atomic mass is 10.1. The van der Waals surface area contributed by atoms with E-state index in [2.05, 4.69) is 31.8 Å². The Morgan fingerprint density at radius 3 is 2.37 bits per heavy atom. The van der Waals surface area contributed by atoms with Gasteiger partial charge in [0.05, 0.1) is 5.75 Å². The van der Waals surface area contributed by atoms with Gasteiger partial charge in [-0.15, -0.1) is 24.0 Å². The SMILES string of the molecule is CN=C(NCc1ccsc1)NCc1ccccc1CS(=O)(=O)NC(C)C.I. The summed E-state index contributed by atoms with van der Waals surface area (Å²) in [5.41, 5.74) is 2.91. The highest BCUT2D eigenvalue weighted by Crippen LogP contribution is 2.12. The molecule has 1 heterocycles. The van der Waals surface area contributed by atoms with Crippen LogP contribution in [0.3, 0.4) is 0 Å². The molecule has 1 aromatic carbocycles. The maximum Gasteiger partial charge on any atom is 0.216 e. The summed E-state index contributed by atoms with van der Waals surface area (Å²) in [7, 11) is -1.65. The summed E-state index contributed by atoms with van der Waals surface area (Å²) in [5, 5.41) is 10.6. The number of aliphatic imine (C=N–C) groups is 1. The quantitative estimate of drug-likeness (QED) is 0.283. The minimum Gasteiger partial charge on any atom is -0.352 e. The van der Waals surface area contributed by atoms with Gasteiger partial charge in [0.2, 0.25) is 10.0 Å². The number of hydrogen-bond acceptors (Lipinski definition) is 4. The molecule has 0 aliphatic carbocycles. The summed E-state index contributed by atoms with van der Waals surface area (Å²) >= 11 is 1.66. The van der Waals surface area contributed by atoms with Crippen LogP contribution in [0.1, 0.15) is 30.5 Å². The second kappa shape index (κ2) is 11.6. The van der Waals surface area contributed by atoms with Crippen LogP contribution in [0.5, 0.6) is 0 Å². The summed E-state index contributed by atoms with van der Waals surface area (Å²) in [6.45, 7) is 4.82. The topological polar surface area (TPSA) is 82.6 Å². The maximum atomic E-state index is 12.2. The average molecular weight is 522 g/mol. The van der Waals surface area contributed by atoms with Crippen molar-refractivity contribution in [3.05, 3.63) is 57.8 Å². The smallest absolute Gasteiger partial charge is 0.216 e. The molecule has 0 spiro atoms. The average Bonchev–Trinajstić information content (AvgIpc) is 3.08. The summed E-state index contributed by atoms with van der Waals surface area (Å²) in [5.74, 6) is 0.637. The van der Waals surface area contributed by atoms with Gasteiger partial charge >= 0.3 is 0 Å². The van der Waals surface area contributed by atoms with Gasteiger partial charge in [-0.2, -0.15) is 11.3 Å². The Labute approximate surface area is 182 Å². The van der Waals surface area contributed by atoms with E-state index in [4.69, 9.17) is 0 Å². The zero-order valence-electron chi connectivity index (χ0n) is 15.7. The third-order valence-corrected chi connectivity index (χ3v) is 5.84. The van der Waals surface area contributed by atoms with Crippen LogP contribution in [0.25, 0.3) is 0 Å². The predicted octanol–water partition coefficient (Wildman–Crippen LogP) is 3.06. The first-order chi connectivity index (χ1) is 12.4. The summed E-state index contributed by atoms with van der Waals surface area (Å²) in [6, 6.07) is 9.48. The number of halogens is 1. The number of rotatable bonds is 8. The lowest BCUT2D eigenvalue weighted by Gasteiger charge is -2.15. The normalized spacial score (nSPS) is 11.9. The number of thiophene rings is 1. The van der Waals surface area contributed by atoms with Crippen molar-refractivity contribution in [1.82, 2.24) is 15.4 Å². The molecule has 150 valence electrons. The van der Waals surface area contributed by atoms with E-state index < -0.39 is 10.0 Å². The zero-order chi connectivity index (χ0) is 19.0. The Bertz CT molecular complexity index is 822. The van der Waals surface area contributed by atoms with E-state index in [1.807, 2.05) is 43.5 Å². The highest BCUT2D eigenvalue weighted by Gasteiger charge is 2.15. The number of hydrogen-bond donors (Lipinski definition) is 3. The molecule has 27 heavy (non-hydrogen) atoms. The van der Waals surface area contributed by atoms with Gasteiger partial charge in [0.15, 0.2) is 5.96 Å². The number of benzene rings is 1. The Hall–Kier alpha value is -1.17. The Balaban J connectivity index is 0.00000364. The Kier molecular flexibility index (Phi) is 10.3. The Morgan fingerprint density at radius 1 is 1.11 bits per heavy atom. The van der Waals surface area contributed by atoms with Crippen LogP contribution in [0.4, 0.5) is 0 Å². The fourth-order valence-electron chi connectivity index (χ4n) is 2.45. The first kappa shape index (κ1) is 23.9. The van der Waals surface area contributed by atoms with Gasteiger partial charge < -0.3 is 10.6 Å². The van der Waals surface area contributed by atoms with E-state index in [1.54, 1.807) is 18.4 Å². The molecule has 6 nitrogen and oxygen atoms in total. The monoisotopic (exact) mass is 522 g/mol. The number of guanidine groups is 1. The van der Waals surface area contributed by atoms with Gasteiger partial charge in [-0.25, -0.2) is 13.1 Å². The Morgan fingerprint density at radius 2 is 1.78 bits per heavy atom. The summed E-state index contributed by atoms with van der Waals surface area (Å²) < 4.78 is 27.1. The van der Waals surface area contributed by atoms with E-state index in [-0.39, 0.29) is 35.8 Å². The molecule has 9 heteroatoms. The molecule has 1 aromatic heterocycles. The van der Waals surface area contributed by atoms with E-state index in [0.717, 1.165) is 11.1 Å². The first-order valence-corrected chi connectivity index (χ1v) is 11.0. The molecule has 0 aliphatic rings. The van der Waals surface area contributed by atoms with Crippen molar-refractivity contribution in [3.8, 4) is 0 Å². The van der Waals surface area contributed by atoms with Crippen molar-refractivity contribution < 1.29 is 8.42 Å². The second-order valence-corrected chi connectivity index (χ2v) is 8.75. The van der Waals surface area contributed by atoms with Crippen LogP contribution in [-0.4, -0.2) is 27.5 Å². The van der Waals surface area contributed by atoms with Crippen LogP contribution in [-0.2, 0) is 28.9 Å². The highest BCUT2D eigenvalue weighted by atomic mass is 127. The standard InChI is InChI=1S/C18H26N4O2S2.HI/c1-14(2)22-26(23,24)13-17-7-5-4-6-16(17)11-21-18(19-3)20-10-15-8-9-25-12-15;/h4-9,12,14,22H,10-11,13H2,1-3H3,(H2,19,20,21);1H. The van der Waals surface area contributed by atoms with Crippen LogP contribution in [0.2, 0.25) is 0 Å². The molecular weight excluding hydrogens is 495 g/mol. The van der Waals surface area contributed by atoms with Crippen LogP contribution in [0.15, 0.2) is 46.1 Å². The fraction of sp³-hybridized carbons (Fsp3) is 0.389. The number of sulfonamides is 1. The van der Waals surface area contributed by atoms with Crippen molar-refractivity contribution in [2.24, 2.45) is 4.99 Å². The van der Waals surface area contributed by atoms with Gasteiger partial charge in [-0.3, -0.25) is 4.99 Å². The summed E-state index contributed by atoms with van der Waals surface area (Å²) in [6.07, 6.45) is 0. The van der Waals surface area contributed by atoms with Crippen molar-refractivity contribution in [2.75, 3.05) is 7.05 Å². The molecule has 2 rings (SSSR count). The van der Waals surface area contributed by atoms with Crippen molar-refractivity contribution in [1.29, 1.82) is 0 Å². The predicted molar refractivity (Wildman–Crippen MR) is 124 cm³/mol. The molecule has 0 saturated carbocycles. The lowest BCUT2D eigenvalue weighted by molar-refractivity contribution is 0.568. The van der Waals surface area contributed by atoms with Gasteiger partial charge in [-0.1, -0.05) is 24.3 Å². The lowest BCUT2D eigenvalue weighted by Crippen LogP contribution is -2.36. The van der Waals surface area contributed by atoms with Gasteiger partial charge in [0, 0.05) is 26.2 Å². The first-order valence-electron chi connectivity index (χ1n) is 8.42. The molecule has 0 radical (unpaired) electrons. The second-order valence-electron chi connectivity index (χ2n) is 6.21. The number of nitrogens with one attached hydrogen (secondary N) is 3. The van der Waals surface area contributed by atoms with Crippen molar-refractivity contribution in [2.45, 2.75) is 38.7 Å². The molecule has 0 atom stereocenters. The minimum atomic E-state index is -3.36. The number of nitrogens with zero attached hydrogens (tertiary/aromatic N) is 1. The van der Waals surface area contributed by atoms with Crippen molar-refractivity contribution >= 4 is 51.3 Å². The highest BCUT2D eigenvalue weighted by molar-refractivity contribution is 14.0. The third-order valence-electron chi connectivity index (χ3n) is 3.59.